The van der Waals surface area contributed by atoms with Crippen LogP contribution >= 0.6 is 38.5 Å². The van der Waals surface area contributed by atoms with Gasteiger partial charge in [-0.2, -0.15) is 0 Å². The van der Waals surface area contributed by atoms with Gasteiger partial charge in [-0.1, -0.05) is 0 Å². The lowest BCUT2D eigenvalue weighted by molar-refractivity contribution is 0.0540. The molecule has 6 heteroatoms. The molecule has 0 aliphatic rings. The van der Waals surface area contributed by atoms with Crippen LogP contribution in [0.25, 0.3) is 11.3 Å². The molecule has 1 aromatic carbocycles. The van der Waals surface area contributed by atoms with Crippen LogP contribution in [0.1, 0.15) is 20.8 Å². The number of rotatable bonds is 2. The number of methoxy groups -OCH3 is 1. The summed E-state index contributed by atoms with van der Waals surface area (Å²) in [5.41, 5.74) is 1.00. The summed E-state index contributed by atoms with van der Waals surface area (Å²) in [5, 5.41) is 0. The fourth-order valence-electron chi connectivity index (χ4n) is 1.98. The lowest BCUT2D eigenvalue weighted by atomic mass is 10.1. The first-order chi connectivity index (χ1) is 10.2. The van der Waals surface area contributed by atoms with E-state index in [1.807, 2.05) is 45.0 Å². The number of nitrogens with zero attached hydrogens (tertiary/aromatic N) is 1. The van der Waals surface area contributed by atoms with Gasteiger partial charge >= 0.3 is 6.09 Å². The maximum absolute atomic E-state index is 12.4. The molecule has 2 rings (SSSR count). The molecule has 2 aromatic rings. The topological polar surface area (TPSA) is 40.5 Å². The molecule has 1 heterocycles. The van der Waals surface area contributed by atoms with Crippen LogP contribution in [0.4, 0.5) is 4.79 Å². The van der Waals surface area contributed by atoms with Crippen LogP contribution in [0.5, 0.6) is 5.75 Å². The Hall–Kier alpha value is -1.02. The summed E-state index contributed by atoms with van der Waals surface area (Å²) in [6.07, 6.45) is 1.28. The molecule has 0 fully saturated rings. The highest BCUT2D eigenvalue weighted by atomic mass is 127. The van der Waals surface area contributed by atoms with Crippen molar-refractivity contribution in [2.75, 3.05) is 7.11 Å². The van der Waals surface area contributed by atoms with Gasteiger partial charge in [0.15, 0.2) is 0 Å². The Balaban J connectivity index is 2.54. The average Bonchev–Trinajstić information content (AvgIpc) is 2.79. The smallest absolute Gasteiger partial charge is 0.419 e. The minimum atomic E-state index is -0.555. The molecule has 0 aliphatic heterocycles. The van der Waals surface area contributed by atoms with E-state index in [1.165, 1.54) is 4.57 Å². The Kier molecular flexibility index (Phi) is 5.21. The van der Waals surface area contributed by atoms with Gasteiger partial charge in [0.1, 0.15) is 11.4 Å². The maximum atomic E-state index is 12.4. The van der Waals surface area contributed by atoms with Gasteiger partial charge in [-0.25, -0.2) is 4.79 Å². The summed E-state index contributed by atoms with van der Waals surface area (Å²) < 4.78 is 14.2. The van der Waals surface area contributed by atoms with Crippen molar-refractivity contribution in [1.82, 2.24) is 4.57 Å². The van der Waals surface area contributed by atoms with E-state index in [1.54, 1.807) is 13.3 Å². The molecule has 4 nitrogen and oxygen atoms in total. The minimum absolute atomic E-state index is 0.422. The van der Waals surface area contributed by atoms with Crippen LogP contribution in [0.2, 0.25) is 0 Å². The number of hydrogen-bond acceptors (Lipinski definition) is 3. The molecule has 0 aliphatic carbocycles. The molecule has 1 aromatic heterocycles. The lowest BCUT2D eigenvalue weighted by Gasteiger charge is -2.20. The molecule has 0 amide bonds. The number of carbonyl (C=O) groups is 1. The average molecular weight is 478 g/mol. The highest BCUT2D eigenvalue weighted by Crippen LogP contribution is 2.34. The molecule has 0 atom stereocenters. The summed E-state index contributed by atoms with van der Waals surface area (Å²) in [4.78, 5) is 12.4. The van der Waals surface area contributed by atoms with Crippen LogP contribution in [-0.2, 0) is 4.74 Å². The van der Waals surface area contributed by atoms with E-state index in [0.717, 1.165) is 19.3 Å². The zero-order valence-electron chi connectivity index (χ0n) is 12.8. The highest BCUT2D eigenvalue weighted by molar-refractivity contribution is 14.1. The second kappa shape index (κ2) is 6.62. The van der Waals surface area contributed by atoms with Gasteiger partial charge in [-0.3, -0.25) is 4.57 Å². The minimum Gasteiger partial charge on any atom is -0.496 e. The zero-order valence-corrected chi connectivity index (χ0v) is 16.6. The van der Waals surface area contributed by atoms with Crippen LogP contribution in [0.15, 0.2) is 34.9 Å². The highest BCUT2D eigenvalue weighted by Gasteiger charge is 2.22. The van der Waals surface area contributed by atoms with Crippen LogP contribution < -0.4 is 4.74 Å². The van der Waals surface area contributed by atoms with Gasteiger partial charge in [0.25, 0.3) is 0 Å². The molecule has 0 spiro atoms. The second-order valence-corrected chi connectivity index (χ2v) is 7.90. The summed E-state index contributed by atoms with van der Waals surface area (Å²) in [5.74, 6) is 0.704. The van der Waals surface area contributed by atoms with Crippen LogP contribution in [0, 0.1) is 3.57 Å². The van der Waals surface area contributed by atoms with E-state index in [9.17, 15) is 4.79 Å². The molecular weight excluding hydrogens is 461 g/mol. The van der Waals surface area contributed by atoms with Crippen molar-refractivity contribution in [2.45, 2.75) is 26.4 Å². The summed E-state index contributed by atoms with van der Waals surface area (Å²) in [6, 6.07) is 7.69. The Morgan fingerprint density at radius 1 is 1.27 bits per heavy atom. The fraction of sp³-hybridized carbons (Fsp3) is 0.312. The Labute approximate surface area is 152 Å². The van der Waals surface area contributed by atoms with E-state index in [-0.39, 0.29) is 0 Å². The van der Waals surface area contributed by atoms with E-state index in [2.05, 4.69) is 38.5 Å². The van der Waals surface area contributed by atoms with Gasteiger partial charge < -0.3 is 9.47 Å². The predicted molar refractivity (Wildman–Crippen MR) is 98.5 cm³/mol. The van der Waals surface area contributed by atoms with Crippen molar-refractivity contribution in [3.63, 3.8) is 0 Å². The van der Waals surface area contributed by atoms with E-state index >= 15 is 0 Å². The van der Waals surface area contributed by atoms with Gasteiger partial charge in [0, 0.05) is 19.8 Å². The number of benzene rings is 1. The van der Waals surface area contributed by atoms with Gasteiger partial charge in [0.2, 0.25) is 0 Å². The van der Waals surface area contributed by atoms with Crippen molar-refractivity contribution in [1.29, 1.82) is 0 Å². The molecule has 0 bridgehead atoms. The SMILES string of the molecule is COc1ccc(I)cc1-c1cc(Br)cn1C(=O)OC(C)(C)C. The Morgan fingerprint density at radius 2 is 1.95 bits per heavy atom. The lowest BCUT2D eigenvalue weighted by Crippen LogP contribution is -2.27. The number of aromatic nitrogens is 1. The second-order valence-electron chi connectivity index (χ2n) is 5.74. The van der Waals surface area contributed by atoms with Crippen molar-refractivity contribution < 1.29 is 14.3 Å². The number of carbonyl (C=O) groups excluding carboxylic acids is 1. The summed E-state index contributed by atoms with van der Waals surface area (Å²) >= 11 is 5.65. The third kappa shape index (κ3) is 4.04. The fourth-order valence-corrected chi connectivity index (χ4v) is 2.89. The van der Waals surface area contributed by atoms with Crippen LogP contribution in [0.3, 0.4) is 0 Å². The van der Waals surface area contributed by atoms with E-state index in [0.29, 0.717) is 5.75 Å². The molecule has 0 saturated heterocycles. The molecule has 0 unspecified atom stereocenters. The standard InChI is InChI=1S/C16H17BrINO3/c1-16(2,3)22-15(20)19-9-10(17)7-13(19)12-8-11(18)5-6-14(12)21-4/h5-9H,1-4H3. The normalized spacial score (nSPS) is 11.4. The number of halogens is 2. The molecule has 118 valence electrons. The molecule has 0 radical (unpaired) electrons. The van der Waals surface area contributed by atoms with Crippen LogP contribution in [-0.4, -0.2) is 23.4 Å². The molecule has 0 saturated carbocycles. The molecule has 0 N–H and O–H groups in total. The predicted octanol–water partition coefficient (Wildman–Crippen LogP) is 5.31. The van der Waals surface area contributed by atoms with Gasteiger partial charge in [0.05, 0.1) is 12.8 Å². The third-order valence-electron chi connectivity index (χ3n) is 2.81. The first kappa shape index (κ1) is 17.3. The van der Waals surface area contributed by atoms with Gasteiger partial charge in [-0.05, 0) is 83.6 Å². The van der Waals surface area contributed by atoms with E-state index < -0.39 is 11.7 Å². The van der Waals surface area contributed by atoms with Crippen molar-refractivity contribution in [3.05, 3.63) is 38.5 Å². The monoisotopic (exact) mass is 477 g/mol. The largest absolute Gasteiger partial charge is 0.496 e. The summed E-state index contributed by atoms with van der Waals surface area (Å²) in [6.45, 7) is 5.53. The van der Waals surface area contributed by atoms with Crippen molar-refractivity contribution >= 4 is 44.6 Å². The number of ether oxygens (including phenoxy) is 2. The van der Waals surface area contributed by atoms with Crippen molar-refractivity contribution in [3.8, 4) is 17.0 Å². The Morgan fingerprint density at radius 3 is 2.55 bits per heavy atom. The molecular formula is C16H17BrINO3. The first-order valence-corrected chi connectivity index (χ1v) is 8.53. The zero-order chi connectivity index (χ0) is 16.5. The Bertz CT molecular complexity index is 704. The van der Waals surface area contributed by atoms with Crippen molar-refractivity contribution in [2.24, 2.45) is 0 Å². The summed E-state index contributed by atoms with van der Waals surface area (Å²) in [7, 11) is 1.61. The molecule has 22 heavy (non-hydrogen) atoms. The third-order valence-corrected chi connectivity index (χ3v) is 3.92. The number of hydrogen-bond donors (Lipinski definition) is 0. The maximum Gasteiger partial charge on any atom is 0.419 e. The first-order valence-electron chi connectivity index (χ1n) is 6.66. The van der Waals surface area contributed by atoms with Gasteiger partial charge in [-0.15, -0.1) is 0 Å². The van der Waals surface area contributed by atoms with E-state index in [4.69, 9.17) is 9.47 Å². The quantitative estimate of drug-likeness (QED) is 0.550.